The second-order valence-electron chi connectivity index (χ2n) is 2.61. The molecule has 0 amide bonds. The van der Waals surface area contributed by atoms with E-state index in [1.54, 1.807) is 0 Å². The van der Waals surface area contributed by atoms with Crippen LogP contribution >= 0.6 is 22.6 Å². The van der Waals surface area contributed by atoms with Crippen LogP contribution in [0.25, 0.3) is 0 Å². The van der Waals surface area contributed by atoms with Crippen molar-refractivity contribution in [3.05, 3.63) is 17.5 Å². The molecule has 1 heterocycles. The summed E-state index contributed by atoms with van der Waals surface area (Å²) in [6.07, 6.45) is -2.98. The zero-order valence-corrected chi connectivity index (χ0v) is 9.39. The van der Waals surface area contributed by atoms with E-state index in [-0.39, 0.29) is 16.1 Å². The highest BCUT2D eigenvalue weighted by Crippen LogP contribution is 2.31. The Kier molecular flexibility index (Phi) is 3.76. The number of ether oxygens (including phenoxy) is 1. The van der Waals surface area contributed by atoms with Crippen molar-refractivity contribution in [1.29, 1.82) is 0 Å². The lowest BCUT2D eigenvalue weighted by molar-refractivity contribution is -0.141. The number of hydrogen-bond acceptors (Lipinski definition) is 2. The minimum atomic E-state index is -4.40. The lowest BCUT2D eigenvalue weighted by atomic mass is 10.2. The molecule has 14 heavy (non-hydrogen) atoms. The molecule has 1 aromatic heterocycles. The molecule has 0 fully saturated rings. The normalized spacial score (nSPS) is 14.4. The van der Waals surface area contributed by atoms with Crippen LogP contribution in [0.15, 0.2) is 6.20 Å². The molecule has 0 aliphatic carbocycles. The summed E-state index contributed by atoms with van der Waals surface area (Å²) in [7, 11) is 1.45. The average molecular weight is 320 g/mol. The maximum atomic E-state index is 12.3. The molecule has 0 unspecified atom stereocenters. The van der Waals surface area contributed by atoms with Crippen molar-refractivity contribution in [2.45, 2.75) is 16.7 Å². The van der Waals surface area contributed by atoms with Gasteiger partial charge in [-0.1, -0.05) is 22.6 Å². The van der Waals surface area contributed by atoms with Gasteiger partial charge in [0.05, 0.1) is 0 Å². The number of alkyl halides is 4. The van der Waals surface area contributed by atoms with Crippen molar-refractivity contribution >= 4 is 22.6 Å². The van der Waals surface area contributed by atoms with Gasteiger partial charge >= 0.3 is 6.18 Å². The number of halogens is 4. The Bertz CT molecular complexity index is 299. The highest BCUT2D eigenvalue weighted by atomic mass is 127. The summed E-state index contributed by atoms with van der Waals surface area (Å²) < 4.78 is 41.5. The first-order valence-electron chi connectivity index (χ1n) is 3.72. The van der Waals surface area contributed by atoms with Crippen LogP contribution in [0.1, 0.15) is 11.3 Å². The van der Waals surface area contributed by atoms with Crippen molar-refractivity contribution < 1.29 is 17.9 Å². The first-order chi connectivity index (χ1) is 6.45. The van der Waals surface area contributed by atoms with E-state index >= 15 is 0 Å². The van der Waals surface area contributed by atoms with Gasteiger partial charge in [-0.3, -0.25) is 5.10 Å². The average Bonchev–Trinajstić information content (AvgIpc) is 2.51. The molecular weight excluding hydrogens is 312 g/mol. The smallest absolute Gasteiger partial charge is 0.371 e. The van der Waals surface area contributed by atoms with Gasteiger partial charge < -0.3 is 4.74 Å². The van der Waals surface area contributed by atoms with E-state index in [2.05, 4.69) is 10.2 Å². The summed E-state index contributed by atoms with van der Waals surface area (Å²) >= 11 is 1.92. The van der Waals surface area contributed by atoms with Crippen molar-refractivity contribution in [2.75, 3.05) is 7.11 Å². The monoisotopic (exact) mass is 320 g/mol. The molecule has 0 radical (unpaired) electrons. The largest absolute Gasteiger partial charge is 0.435 e. The van der Waals surface area contributed by atoms with Crippen LogP contribution in [0.3, 0.4) is 0 Å². The second-order valence-corrected chi connectivity index (χ2v) is 4.00. The summed E-state index contributed by atoms with van der Waals surface area (Å²) in [5.74, 6) is 0. The Morgan fingerprint density at radius 3 is 2.79 bits per heavy atom. The van der Waals surface area contributed by atoms with Gasteiger partial charge in [0.25, 0.3) is 0 Å². The predicted molar refractivity (Wildman–Crippen MR) is 52.1 cm³/mol. The molecule has 0 bridgehead atoms. The number of methoxy groups -OCH3 is 1. The molecule has 0 aliphatic rings. The minimum Gasteiger partial charge on any atom is -0.371 e. The molecule has 1 atom stereocenters. The van der Waals surface area contributed by atoms with Gasteiger partial charge in [0, 0.05) is 25.3 Å². The summed E-state index contributed by atoms with van der Waals surface area (Å²) in [6, 6.07) is 0. The molecule has 0 saturated heterocycles. The number of rotatable bonds is 3. The van der Waals surface area contributed by atoms with Gasteiger partial charge in [0.2, 0.25) is 0 Å². The number of nitrogens with zero attached hydrogens (tertiary/aromatic N) is 1. The van der Waals surface area contributed by atoms with Gasteiger partial charge in [0.1, 0.15) is 4.11 Å². The van der Waals surface area contributed by atoms with Crippen LogP contribution in [0, 0.1) is 0 Å². The van der Waals surface area contributed by atoms with Crippen LogP contribution < -0.4 is 0 Å². The van der Waals surface area contributed by atoms with Gasteiger partial charge in [-0.25, -0.2) is 0 Å². The number of H-pyrrole nitrogens is 1. The third kappa shape index (κ3) is 2.84. The van der Waals surface area contributed by atoms with Crippen molar-refractivity contribution in [3.63, 3.8) is 0 Å². The van der Waals surface area contributed by atoms with Gasteiger partial charge in [-0.2, -0.15) is 18.3 Å². The predicted octanol–water partition coefficient (Wildman–Crippen LogP) is 2.38. The molecular formula is C7H8F3IN2O. The van der Waals surface area contributed by atoms with Crippen LogP contribution in [-0.2, 0) is 17.3 Å². The van der Waals surface area contributed by atoms with E-state index in [0.29, 0.717) is 0 Å². The maximum absolute atomic E-state index is 12.3. The van der Waals surface area contributed by atoms with E-state index in [1.165, 1.54) is 13.3 Å². The second kappa shape index (κ2) is 4.47. The molecule has 3 nitrogen and oxygen atoms in total. The Morgan fingerprint density at radius 1 is 1.64 bits per heavy atom. The Labute approximate surface area is 92.2 Å². The molecule has 1 rings (SSSR count). The topological polar surface area (TPSA) is 37.9 Å². The van der Waals surface area contributed by atoms with Gasteiger partial charge in [-0.05, 0) is 0 Å². The molecule has 0 spiro atoms. The van der Waals surface area contributed by atoms with Gasteiger partial charge in [-0.15, -0.1) is 0 Å². The zero-order chi connectivity index (χ0) is 10.8. The molecule has 0 aromatic carbocycles. The number of hydrogen-bond donors (Lipinski definition) is 1. The fraction of sp³-hybridized carbons (Fsp3) is 0.571. The fourth-order valence-corrected chi connectivity index (χ4v) is 1.45. The molecule has 0 saturated carbocycles. The van der Waals surface area contributed by atoms with Crippen LogP contribution in [-0.4, -0.2) is 21.4 Å². The quantitative estimate of drug-likeness (QED) is 0.686. The lowest BCUT2D eigenvalue weighted by Gasteiger charge is -2.09. The first kappa shape index (κ1) is 11.8. The number of aromatic amines is 1. The fourth-order valence-electron chi connectivity index (χ4n) is 0.972. The van der Waals surface area contributed by atoms with E-state index in [0.717, 1.165) is 0 Å². The molecule has 1 aromatic rings. The Morgan fingerprint density at radius 2 is 2.29 bits per heavy atom. The number of nitrogens with one attached hydrogen (secondary N) is 1. The van der Waals surface area contributed by atoms with Crippen molar-refractivity contribution in [1.82, 2.24) is 10.2 Å². The first-order valence-corrected chi connectivity index (χ1v) is 4.96. The minimum absolute atomic E-state index is 0.124. The maximum Gasteiger partial charge on any atom is 0.435 e. The summed E-state index contributed by atoms with van der Waals surface area (Å²) in [5.41, 5.74) is -0.741. The molecule has 80 valence electrons. The third-order valence-corrected chi connectivity index (χ3v) is 2.57. The summed E-state index contributed by atoms with van der Waals surface area (Å²) in [4.78, 5) is 0. The van der Waals surface area contributed by atoms with Crippen molar-refractivity contribution in [2.24, 2.45) is 0 Å². The molecule has 1 N–H and O–H groups in total. The Balaban J connectivity index is 2.83. The summed E-state index contributed by atoms with van der Waals surface area (Å²) in [6.45, 7) is 0. The van der Waals surface area contributed by atoms with E-state index < -0.39 is 11.9 Å². The third-order valence-electron chi connectivity index (χ3n) is 1.62. The van der Waals surface area contributed by atoms with E-state index in [4.69, 9.17) is 4.74 Å². The standard InChI is InChI=1S/C7H8F3IN2O/c1-14-5(11)2-4-3-12-13-6(4)7(8,9)10/h3,5H,2H2,1H3,(H,12,13)/t5-/m1/s1. The van der Waals surface area contributed by atoms with Crippen LogP contribution in [0.2, 0.25) is 0 Å². The van der Waals surface area contributed by atoms with E-state index in [1.807, 2.05) is 22.6 Å². The lowest BCUT2D eigenvalue weighted by Crippen LogP contribution is -2.12. The van der Waals surface area contributed by atoms with Crippen LogP contribution in [0.5, 0.6) is 0 Å². The van der Waals surface area contributed by atoms with Gasteiger partial charge in [0.15, 0.2) is 5.69 Å². The van der Waals surface area contributed by atoms with E-state index in [9.17, 15) is 13.2 Å². The van der Waals surface area contributed by atoms with Crippen LogP contribution in [0.4, 0.5) is 13.2 Å². The SMILES string of the molecule is CO[C@@H](I)Cc1c[nH]nc1C(F)(F)F. The summed E-state index contributed by atoms with van der Waals surface area (Å²) in [5, 5.41) is 5.37. The molecule has 0 aliphatic heterocycles. The Hall–Kier alpha value is -0.310. The molecule has 7 heteroatoms. The highest BCUT2D eigenvalue weighted by Gasteiger charge is 2.36. The number of aromatic nitrogens is 2. The highest BCUT2D eigenvalue weighted by molar-refractivity contribution is 14.1. The van der Waals surface area contributed by atoms with Crippen molar-refractivity contribution in [3.8, 4) is 0 Å². The zero-order valence-electron chi connectivity index (χ0n) is 7.23.